The zero-order chi connectivity index (χ0) is 18.1. The predicted molar refractivity (Wildman–Crippen MR) is 94.1 cm³/mol. The number of imidazole rings is 1. The maximum absolute atomic E-state index is 13.4. The lowest BCUT2D eigenvalue weighted by Gasteiger charge is -2.33. The van der Waals surface area contributed by atoms with E-state index < -0.39 is 11.6 Å². The second-order valence-corrected chi connectivity index (χ2v) is 6.46. The van der Waals surface area contributed by atoms with Crippen molar-refractivity contribution >= 4 is 17.2 Å². The fraction of sp³-hybridized carbons (Fsp3) is 0.263. The van der Waals surface area contributed by atoms with Crippen molar-refractivity contribution < 1.29 is 13.6 Å². The number of halogens is 2. The average Bonchev–Trinajstić information content (AvgIpc) is 3.08. The minimum atomic E-state index is -0.886. The number of aromatic nitrogens is 2. The number of likely N-dealkylation sites (tertiary alicyclic amines) is 1. The SMILES string of the molecule is O=C(c1cn2ccccc2n1)N1CCC[C@H](Nc2ccc(F)c(F)c2)C1. The molecule has 1 N–H and O–H groups in total. The Hall–Kier alpha value is -2.96. The molecular weight excluding hydrogens is 338 g/mol. The first-order valence-electron chi connectivity index (χ1n) is 8.55. The Bertz CT molecular complexity index is 923. The number of piperidine rings is 1. The second-order valence-electron chi connectivity index (χ2n) is 6.46. The van der Waals surface area contributed by atoms with Gasteiger partial charge in [0, 0.05) is 43.3 Å². The van der Waals surface area contributed by atoms with Crippen molar-refractivity contribution in [2.75, 3.05) is 18.4 Å². The van der Waals surface area contributed by atoms with Gasteiger partial charge in [-0.15, -0.1) is 0 Å². The van der Waals surface area contributed by atoms with Crippen LogP contribution in [0.3, 0.4) is 0 Å². The monoisotopic (exact) mass is 356 g/mol. The minimum Gasteiger partial charge on any atom is -0.380 e. The van der Waals surface area contributed by atoms with Gasteiger partial charge in [-0.3, -0.25) is 4.79 Å². The van der Waals surface area contributed by atoms with Crippen LogP contribution in [0, 0.1) is 11.6 Å². The molecule has 26 heavy (non-hydrogen) atoms. The molecule has 0 radical (unpaired) electrons. The summed E-state index contributed by atoms with van der Waals surface area (Å²) in [5, 5.41) is 3.19. The van der Waals surface area contributed by atoms with Crippen LogP contribution in [0.4, 0.5) is 14.5 Å². The Morgan fingerprint density at radius 3 is 2.88 bits per heavy atom. The van der Waals surface area contributed by atoms with E-state index in [1.807, 2.05) is 28.8 Å². The number of hydrogen-bond acceptors (Lipinski definition) is 3. The molecule has 1 fully saturated rings. The van der Waals surface area contributed by atoms with Crippen LogP contribution in [0.15, 0.2) is 48.8 Å². The number of nitrogens with zero attached hydrogens (tertiary/aromatic N) is 3. The molecule has 1 aliphatic heterocycles. The van der Waals surface area contributed by atoms with E-state index in [4.69, 9.17) is 0 Å². The third kappa shape index (κ3) is 3.24. The molecule has 0 saturated carbocycles. The van der Waals surface area contributed by atoms with Gasteiger partial charge in [-0.25, -0.2) is 13.8 Å². The van der Waals surface area contributed by atoms with Crippen molar-refractivity contribution in [1.82, 2.24) is 14.3 Å². The highest BCUT2D eigenvalue weighted by Crippen LogP contribution is 2.20. The highest BCUT2D eigenvalue weighted by molar-refractivity contribution is 5.93. The Morgan fingerprint density at radius 1 is 1.19 bits per heavy atom. The quantitative estimate of drug-likeness (QED) is 0.783. The normalized spacial score (nSPS) is 17.5. The summed E-state index contributed by atoms with van der Waals surface area (Å²) in [6, 6.07) is 9.32. The van der Waals surface area contributed by atoms with E-state index in [0.29, 0.717) is 24.5 Å². The number of nitrogens with one attached hydrogen (secondary N) is 1. The third-order valence-corrected chi connectivity index (χ3v) is 4.58. The molecule has 2 aromatic heterocycles. The van der Waals surface area contributed by atoms with Gasteiger partial charge in [0.2, 0.25) is 0 Å². The number of benzene rings is 1. The Balaban J connectivity index is 1.47. The van der Waals surface area contributed by atoms with Gasteiger partial charge in [0.05, 0.1) is 0 Å². The molecule has 0 bridgehead atoms. The van der Waals surface area contributed by atoms with Crippen molar-refractivity contribution in [3.05, 3.63) is 66.1 Å². The molecule has 3 heterocycles. The number of pyridine rings is 1. The highest BCUT2D eigenvalue weighted by atomic mass is 19.2. The first kappa shape index (κ1) is 16.5. The van der Waals surface area contributed by atoms with E-state index in [1.165, 1.54) is 6.07 Å². The highest BCUT2D eigenvalue weighted by Gasteiger charge is 2.26. The summed E-state index contributed by atoms with van der Waals surface area (Å²) in [5.41, 5.74) is 1.64. The van der Waals surface area contributed by atoms with Gasteiger partial charge in [0.1, 0.15) is 11.3 Å². The lowest BCUT2D eigenvalue weighted by Crippen LogP contribution is -2.45. The largest absolute Gasteiger partial charge is 0.380 e. The topological polar surface area (TPSA) is 49.6 Å². The fourth-order valence-corrected chi connectivity index (χ4v) is 3.30. The summed E-state index contributed by atoms with van der Waals surface area (Å²) in [6.45, 7) is 1.15. The van der Waals surface area contributed by atoms with Crippen LogP contribution < -0.4 is 5.32 Å². The number of rotatable bonds is 3. The number of carbonyl (C=O) groups is 1. The number of hydrogen-bond donors (Lipinski definition) is 1. The molecule has 1 atom stereocenters. The summed E-state index contributed by atoms with van der Waals surface area (Å²) in [6.07, 6.45) is 5.27. The molecule has 0 spiro atoms. The van der Waals surface area contributed by atoms with Crippen LogP contribution in [0.1, 0.15) is 23.3 Å². The number of amides is 1. The molecule has 5 nitrogen and oxygen atoms in total. The number of anilines is 1. The first-order valence-corrected chi connectivity index (χ1v) is 8.55. The molecule has 3 aromatic rings. The summed E-state index contributed by atoms with van der Waals surface area (Å²) in [4.78, 5) is 18.9. The molecular formula is C19H18F2N4O. The molecule has 7 heteroatoms. The minimum absolute atomic E-state index is 0.0189. The van der Waals surface area contributed by atoms with Crippen molar-refractivity contribution in [3.63, 3.8) is 0 Å². The Morgan fingerprint density at radius 2 is 2.08 bits per heavy atom. The molecule has 1 aliphatic rings. The molecule has 4 rings (SSSR count). The lowest BCUT2D eigenvalue weighted by atomic mass is 10.0. The van der Waals surface area contributed by atoms with Crippen molar-refractivity contribution in [2.24, 2.45) is 0 Å². The van der Waals surface area contributed by atoms with Crippen LogP contribution in [-0.2, 0) is 0 Å². The molecule has 0 unspecified atom stereocenters. The van der Waals surface area contributed by atoms with E-state index in [1.54, 1.807) is 11.1 Å². The Labute approximate surface area is 149 Å². The van der Waals surface area contributed by atoms with Crippen molar-refractivity contribution in [1.29, 1.82) is 0 Å². The zero-order valence-electron chi connectivity index (χ0n) is 14.0. The van der Waals surface area contributed by atoms with Gasteiger partial charge in [-0.2, -0.15) is 0 Å². The fourth-order valence-electron chi connectivity index (χ4n) is 3.30. The van der Waals surface area contributed by atoms with E-state index in [0.717, 1.165) is 30.6 Å². The molecule has 134 valence electrons. The second kappa shape index (κ2) is 6.74. The molecule has 1 amide bonds. The smallest absolute Gasteiger partial charge is 0.274 e. The zero-order valence-corrected chi connectivity index (χ0v) is 14.0. The van der Waals surface area contributed by atoms with Gasteiger partial charge in [0.15, 0.2) is 11.6 Å². The molecule has 1 saturated heterocycles. The van der Waals surface area contributed by atoms with Crippen LogP contribution in [0.2, 0.25) is 0 Å². The van der Waals surface area contributed by atoms with E-state index in [9.17, 15) is 13.6 Å². The van der Waals surface area contributed by atoms with Crippen molar-refractivity contribution in [2.45, 2.75) is 18.9 Å². The predicted octanol–water partition coefficient (Wildman–Crippen LogP) is 3.33. The van der Waals surface area contributed by atoms with Crippen LogP contribution in [0.25, 0.3) is 5.65 Å². The van der Waals surface area contributed by atoms with Crippen LogP contribution in [0.5, 0.6) is 0 Å². The molecule has 1 aromatic carbocycles. The first-order chi connectivity index (χ1) is 12.6. The third-order valence-electron chi connectivity index (χ3n) is 4.58. The summed E-state index contributed by atoms with van der Waals surface area (Å²) in [5.74, 6) is -1.88. The van der Waals surface area contributed by atoms with E-state index in [-0.39, 0.29) is 11.9 Å². The summed E-state index contributed by atoms with van der Waals surface area (Å²) < 4.78 is 28.2. The van der Waals surface area contributed by atoms with Crippen LogP contribution in [-0.4, -0.2) is 39.3 Å². The maximum atomic E-state index is 13.4. The Kier molecular flexibility index (Phi) is 4.28. The summed E-state index contributed by atoms with van der Waals surface area (Å²) >= 11 is 0. The van der Waals surface area contributed by atoms with Crippen LogP contribution >= 0.6 is 0 Å². The molecule has 0 aliphatic carbocycles. The average molecular weight is 356 g/mol. The van der Waals surface area contributed by atoms with Crippen molar-refractivity contribution in [3.8, 4) is 0 Å². The van der Waals surface area contributed by atoms with E-state index >= 15 is 0 Å². The van der Waals surface area contributed by atoms with Gasteiger partial charge < -0.3 is 14.6 Å². The van der Waals surface area contributed by atoms with Gasteiger partial charge in [-0.1, -0.05) is 6.07 Å². The standard InChI is InChI=1S/C19H18F2N4O/c20-15-7-6-13(10-16(15)21)22-14-4-3-9-25(11-14)19(26)17-12-24-8-2-1-5-18(24)23-17/h1-2,5-8,10,12,14,22H,3-4,9,11H2/t14-/m0/s1. The lowest BCUT2D eigenvalue weighted by molar-refractivity contribution is 0.0709. The number of fused-ring (bicyclic) bond motifs is 1. The maximum Gasteiger partial charge on any atom is 0.274 e. The van der Waals surface area contributed by atoms with E-state index in [2.05, 4.69) is 10.3 Å². The van der Waals surface area contributed by atoms with Gasteiger partial charge in [0.25, 0.3) is 5.91 Å². The number of carbonyl (C=O) groups excluding carboxylic acids is 1. The summed E-state index contributed by atoms with van der Waals surface area (Å²) in [7, 11) is 0. The van der Waals surface area contributed by atoms with Gasteiger partial charge >= 0.3 is 0 Å². The van der Waals surface area contributed by atoms with Gasteiger partial charge in [-0.05, 0) is 37.1 Å².